The normalized spacial score (nSPS) is 15.8. The van der Waals surface area contributed by atoms with Crippen molar-refractivity contribution in [1.82, 2.24) is 0 Å². The highest BCUT2D eigenvalue weighted by Gasteiger charge is 2.52. The van der Waals surface area contributed by atoms with Crippen LogP contribution in [0.2, 0.25) is 0 Å². The zero-order valence-electron chi connectivity index (χ0n) is 34.0. The van der Waals surface area contributed by atoms with Crippen LogP contribution in [0.25, 0.3) is 33.4 Å². The van der Waals surface area contributed by atoms with Gasteiger partial charge in [0.1, 0.15) is 0 Å². The minimum Gasteiger partial charge on any atom is -0.449 e. The molecule has 290 valence electrons. The molecule has 0 saturated carbocycles. The maximum absolute atomic E-state index is 6.91. The maximum Gasteiger partial charge on any atom is 0.181 e. The van der Waals surface area contributed by atoms with Crippen LogP contribution in [0.5, 0.6) is 23.0 Å². The molecule has 0 N–H and O–H groups in total. The van der Waals surface area contributed by atoms with Crippen molar-refractivity contribution in [2.45, 2.75) is 19.3 Å². The highest BCUT2D eigenvalue weighted by Crippen LogP contribution is 2.55. The second-order valence-corrected chi connectivity index (χ2v) is 20.5. The van der Waals surface area contributed by atoms with Gasteiger partial charge in [0.15, 0.2) is 31.1 Å². The fourth-order valence-corrected chi connectivity index (χ4v) is 16.1. The van der Waals surface area contributed by atoms with Crippen molar-refractivity contribution in [1.29, 1.82) is 0 Å². The molecule has 2 aliphatic heterocycles. The Hall–Kier alpha value is -7.40. The monoisotopic (exact) mass is 799 g/mol. The summed E-state index contributed by atoms with van der Waals surface area (Å²) in [6.07, 6.45) is 0. The van der Waals surface area contributed by atoms with Crippen LogP contribution < -0.4 is 35.1 Å². The summed E-state index contributed by atoms with van der Waals surface area (Å²) in [5.74, 6) is 2.97. The second-order valence-electron chi connectivity index (χ2n) is 16.8. The van der Waals surface area contributed by atoms with E-state index in [1.54, 1.807) is 0 Å². The van der Waals surface area contributed by atoms with Gasteiger partial charge in [0, 0.05) is 22.4 Å². The van der Waals surface area contributed by atoms with Crippen molar-refractivity contribution in [2.75, 3.05) is 4.90 Å². The van der Waals surface area contributed by atoms with Crippen LogP contribution in [-0.2, 0) is 5.41 Å². The van der Waals surface area contributed by atoms with Gasteiger partial charge in [-0.2, -0.15) is 0 Å². The minimum atomic E-state index is -3.15. The number of hydrogen-bond donors (Lipinski definition) is 0. The van der Waals surface area contributed by atoms with E-state index in [1.165, 1.54) is 65.4 Å². The van der Waals surface area contributed by atoms with Crippen molar-refractivity contribution >= 4 is 45.9 Å². The van der Waals surface area contributed by atoms with E-state index >= 15 is 0 Å². The Morgan fingerprint density at radius 1 is 0.426 bits per heavy atom. The van der Waals surface area contributed by atoms with Gasteiger partial charge in [-0.15, -0.1) is 0 Å². The smallest absolute Gasteiger partial charge is 0.181 e. The first-order chi connectivity index (χ1) is 30.0. The summed E-state index contributed by atoms with van der Waals surface area (Å²) in [7, 11) is -3.15. The van der Waals surface area contributed by atoms with Gasteiger partial charge < -0.3 is 14.4 Å². The number of benzene rings is 9. The summed E-state index contributed by atoms with van der Waals surface area (Å²) in [6.45, 7) is 4.75. The largest absolute Gasteiger partial charge is 0.449 e. The van der Waals surface area contributed by atoms with E-state index < -0.39 is 8.07 Å². The van der Waals surface area contributed by atoms with E-state index in [4.69, 9.17) is 9.47 Å². The van der Waals surface area contributed by atoms with Crippen molar-refractivity contribution in [3.8, 4) is 56.4 Å². The van der Waals surface area contributed by atoms with E-state index in [-0.39, 0.29) is 5.41 Å². The molecular formula is C57H41NO2Si. The minimum absolute atomic E-state index is 0.207. The van der Waals surface area contributed by atoms with Crippen LogP contribution in [0.15, 0.2) is 212 Å². The molecule has 3 aliphatic rings. The number of fused-ring (bicyclic) bond motifs is 9. The molecule has 0 spiro atoms. The zero-order valence-corrected chi connectivity index (χ0v) is 35.0. The van der Waals surface area contributed by atoms with Crippen LogP contribution in [0.4, 0.5) is 17.1 Å². The summed E-state index contributed by atoms with van der Waals surface area (Å²) in [6, 6.07) is 77.5. The van der Waals surface area contributed by atoms with E-state index in [0.717, 1.165) is 39.9 Å². The summed E-state index contributed by atoms with van der Waals surface area (Å²) in [5.41, 5.74) is 13.3. The van der Waals surface area contributed by atoms with Crippen molar-refractivity contribution in [3.63, 3.8) is 0 Å². The third-order valence-corrected chi connectivity index (χ3v) is 18.1. The summed E-state index contributed by atoms with van der Waals surface area (Å²) in [5, 5.41) is 5.27. The molecule has 3 nitrogen and oxygen atoms in total. The highest BCUT2D eigenvalue weighted by atomic mass is 28.3. The van der Waals surface area contributed by atoms with Crippen LogP contribution >= 0.6 is 0 Å². The Morgan fingerprint density at radius 2 is 1.02 bits per heavy atom. The molecule has 0 fully saturated rings. The number of rotatable bonds is 6. The van der Waals surface area contributed by atoms with Gasteiger partial charge in [-0.25, -0.2) is 0 Å². The first-order valence-corrected chi connectivity index (χ1v) is 23.1. The van der Waals surface area contributed by atoms with E-state index in [0.29, 0.717) is 0 Å². The molecule has 61 heavy (non-hydrogen) atoms. The molecule has 0 aromatic heterocycles. The molecule has 1 unspecified atom stereocenters. The molecule has 2 heterocycles. The Bertz CT molecular complexity index is 3190. The standard InChI is InChI=1S/C57H41NO2Si/c1-57(2)46-29-12-9-26-43(46)44-28-18-30-47(55(44)57)58(39-21-7-4-8-22-39)40-23-17-24-41(37-40)61(51-33-15-10-25-42(51)38-19-5-3-6-20-38)52-34-16-11-27-45(52)54-53(61)36-35-50-56(54)60-49-32-14-13-31-48(49)59-50/h3-37H,1-2H3. The van der Waals surface area contributed by atoms with Gasteiger partial charge in [-0.05, 0) is 108 Å². The average molecular weight is 800 g/mol. The molecule has 9 aromatic carbocycles. The van der Waals surface area contributed by atoms with Gasteiger partial charge in [-0.3, -0.25) is 0 Å². The number of para-hydroxylation sites is 3. The molecule has 12 rings (SSSR count). The van der Waals surface area contributed by atoms with Crippen LogP contribution in [0.1, 0.15) is 25.0 Å². The van der Waals surface area contributed by atoms with Crippen LogP contribution in [-0.4, -0.2) is 8.07 Å². The number of hydrogen-bond acceptors (Lipinski definition) is 3. The fourth-order valence-electron chi connectivity index (χ4n) is 10.7. The average Bonchev–Trinajstić information content (AvgIpc) is 3.75. The quantitative estimate of drug-likeness (QED) is 0.156. The van der Waals surface area contributed by atoms with Gasteiger partial charge >= 0.3 is 0 Å². The van der Waals surface area contributed by atoms with E-state index in [2.05, 4.69) is 207 Å². The number of ether oxygens (including phenoxy) is 2. The molecule has 4 heteroatoms. The van der Waals surface area contributed by atoms with Gasteiger partial charge in [-0.1, -0.05) is 178 Å². The maximum atomic E-state index is 6.91. The number of nitrogens with zero attached hydrogens (tertiary/aromatic N) is 1. The summed E-state index contributed by atoms with van der Waals surface area (Å²) >= 11 is 0. The first kappa shape index (κ1) is 35.5. The molecule has 1 aliphatic carbocycles. The molecule has 1 atom stereocenters. The van der Waals surface area contributed by atoms with E-state index in [1.807, 2.05) is 24.3 Å². The first-order valence-electron chi connectivity index (χ1n) is 21.1. The SMILES string of the molecule is CC1(C)c2ccccc2-c2cccc(N(c3ccccc3)c3cccc([Si]4(c5ccccc5-c5ccccc5)c5ccccc5-c5c4ccc4c5Oc5ccccc5O4)c3)c21. The third-order valence-electron chi connectivity index (χ3n) is 13.2. The summed E-state index contributed by atoms with van der Waals surface area (Å²) < 4.78 is 13.5. The van der Waals surface area contributed by atoms with Gasteiger partial charge in [0.05, 0.1) is 5.69 Å². The lowest BCUT2D eigenvalue weighted by molar-refractivity contribution is 0.361. The Labute approximate surface area is 357 Å². The molecular weight excluding hydrogens is 759 g/mol. The van der Waals surface area contributed by atoms with Gasteiger partial charge in [0.25, 0.3) is 0 Å². The lowest BCUT2D eigenvalue weighted by Crippen LogP contribution is -2.73. The molecule has 0 bridgehead atoms. The lowest BCUT2D eigenvalue weighted by Gasteiger charge is -2.36. The molecule has 0 amide bonds. The predicted molar refractivity (Wildman–Crippen MR) is 253 cm³/mol. The molecule has 9 aromatic rings. The van der Waals surface area contributed by atoms with Crippen molar-refractivity contribution in [3.05, 3.63) is 223 Å². The van der Waals surface area contributed by atoms with Crippen LogP contribution in [0, 0.1) is 0 Å². The molecule has 0 radical (unpaired) electrons. The zero-order chi connectivity index (χ0) is 40.7. The highest BCUT2D eigenvalue weighted by molar-refractivity contribution is 7.22. The Morgan fingerprint density at radius 3 is 1.80 bits per heavy atom. The Kier molecular flexibility index (Phi) is 7.90. The molecule has 0 saturated heterocycles. The topological polar surface area (TPSA) is 21.7 Å². The van der Waals surface area contributed by atoms with Gasteiger partial charge in [0.2, 0.25) is 0 Å². The predicted octanol–water partition coefficient (Wildman–Crippen LogP) is 12.4. The van der Waals surface area contributed by atoms with Crippen molar-refractivity contribution < 1.29 is 9.47 Å². The lowest BCUT2D eigenvalue weighted by atomic mass is 9.81. The summed E-state index contributed by atoms with van der Waals surface area (Å²) in [4.78, 5) is 2.49. The second kappa shape index (κ2) is 13.6. The van der Waals surface area contributed by atoms with Crippen LogP contribution in [0.3, 0.4) is 0 Å². The van der Waals surface area contributed by atoms with E-state index in [9.17, 15) is 0 Å². The Balaban J connectivity index is 1.15. The van der Waals surface area contributed by atoms with Crippen molar-refractivity contribution in [2.24, 2.45) is 0 Å². The number of anilines is 3. The fraction of sp³-hybridized carbons (Fsp3) is 0.0526. The third kappa shape index (κ3) is 5.16.